The second-order valence-corrected chi connectivity index (χ2v) is 6.74. The van der Waals surface area contributed by atoms with Crippen molar-refractivity contribution < 1.29 is 14.3 Å². The molecule has 0 aliphatic carbocycles. The lowest BCUT2D eigenvalue weighted by Crippen LogP contribution is -2.37. The summed E-state index contributed by atoms with van der Waals surface area (Å²) in [5.74, 6) is 2.46. The van der Waals surface area contributed by atoms with E-state index in [1.165, 1.54) is 0 Å². The van der Waals surface area contributed by atoms with Gasteiger partial charge in [-0.1, -0.05) is 36.4 Å². The van der Waals surface area contributed by atoms with E-state index in [0.29, 0.717) is 13.0 Å². The quantitative estimate of drug-likeness (QED) is 0.826. The molecular weight excluding hydrogens is 322 g/mol. The lowest BCUT2D eigenvalue weighted by molar-refractivity contribution is -0.132. The first-order chi connectivity index (χ1) is 11.7. The van der Waals surface area contributed by atoms with Crippen LogP contribution in [-0.4, -0.2) is 30.8 Å². The molecule has 0 spiro atoms. The summed E-state index contributed by atoms with van der Waals surface area (Å²) in [5.41, 5.74) is 2.05. The van der Waals surface area contributed by atoms with Crippen molar-refractivity contribution in [2.45, 2.75) is 18.3 Å². The van der Waals surface area contributed by atoms with Crippen molar-refractivity contribution in [3.8, 4) is 11.5 Å². The van der Waals surface area contributed by atoms with E-state index in [0.717, 1.165) is 28.4 Å². The predicted molar refractivity (Wildman–Crippen MR) is 96.4 cm³/mol. The van der Waals surface area contributed by atoms with Crippen LogP contribution in [0.1, 0.15) is 22.9 Å². The van der Waals surface area contributed by atoms with Gasteiger partial charge in [-0.2, -0.15) is 0 Å². The average Bonchev–Trinajstić information content (AvgIpc) is 2.63. The second kappa shape index (κ2) is 7.62. The Kier molecular flexibility index (Phi) is 5.30. The fraction of sp³-hybridized carbons (Fsp3) is 0.316. The van der Waals surface area contributed by atoms with Gasteiger partial charge in [0.1, 0.15) is 16.9 Å². The van der Waals surface area contributed by atoms with Gasteiger partial charge < -0.3 is 14.4 Å². The molecule has 1 aliphatic rings. The molecular formula is C19H21NO3S. The summed E-state index contributed by atoms with van der Waals surface area (Å²) in [6.45, 7) is 0.582. The number of thioether (sulfide) groups is 1. The number of nitrogens with zero attached hydrogens (tertiary/aromatic N) is 1. The van der Waals surface area contributed by atoms with Crippen LogP contribution < -0.4 is 9.47 Å². The zero-order valence-electron chi connectivity index (χ0n) is 13.9. The Bertz CT molecular complexity index is 683. The fourth-order valence-corrected chi connectivity index (χ4v) is 4.22. The summed E-state index contributed by atoms with van der Waals surface area (Å²) >= 11 is 1.75. The highest BCUT2D eigenvalue weighted by Crippen LogP contribution is 2.46. The Hall–Kier alpha value is -2.14. The van der Waals surface area contributed by atoms with E-state index >= 15 is 0 Å². The van der Waals surface area contributed by atoms with Crippen LogP contribution in [0.15, 0.2) is 48.5 Å². The van der Waals surface area contributed by atoms with Crippen molar-refractivity contribution in [3.05, 3.63) is 59.7 Å². The first-order valence-corrected chi connectivity index (χ1v) is 8.95. The van der Waals surface area contributed by atoms with Crippen molar-refractivity contribution in [1.29, 1.82) is 0 Å². The lowest BCUT2D eigenvalue weighted by atomic mass is 10.1. The number of ether oxygens (including phenoxy) is 2. The molecule has 1 heterocycles. The van der Waals surface area contributed by atoms with Gasteiger partial charge in [-0.15, -0.1) is 11.8 Å². The summed E-state index contributed by atoms with van der Waals surface area (Å²) in [7, 11) is 3.30. The maximum atomic E-state index is 12.6. The number of hydrogen-bond donors (Lipinski definition) is 0. The van der Waals surface area contributed by atoms with Crippen molar-refractivity contribution in [3.63, 3.8) is 0 Å². The van der Waals surface area contributed by atoms with Gasteiger partial charge in [0.25, 0.3) is 0 Å². The zero-order chi connectivity index (χ0) is 16.9. The van der Waals surface area contributed by atoms with E-state index in [4.69, 9.17) is 9.47 Å². The molecule has 1 fully saturated rings. The van der Waals surface area contributed by atoms with Crippen LogP contribution in [0, 0.1) is 0 Å². The van der Waals surface area contributed by atoms with Gasteiger partial charge in [-0.3, -0.25) is 4.79 Å². The van der Waals surface area contributed by atoms with E-state index in [9.17, 15) is 4.79 Å². The van der Waals surface area contributed by atoms with E-state index in [1.54, 1.807) is 26.0 Å². The van der Waals surface area contributed by atoms with Crippen molar-refractivity contribution >= 4 is 17.7 Å². The van der Waals surface area contributed by atoms with E-state index in [1.807, 2.05) is 53.4 Å². The zero-order valence-corrected chi connectivity index (χ0v) is 14.7. The molecule has 0 radical (unpaired) electrons. The predicted octanol–water partition coefficient (Wildman–Crippen LogP) is 3.87. The van der Waals surface area contributed by atoms with Crippen LogP contribution in [0.25, 0.3) is 0 Å². The summed E-state index contributed by atoms with van der Waals surface area (Å²) in [6.07, 6.45) is 0.561. The summed E-state index contributed by atoms with van der Waals surface area (Å²) in [6, 6.07) is 15.8. The van der Waals surface area contributed by atoms with Gasteiger partial charge in [-0.05, 0) is 17.7 Å². The van der Waals surface area contributed by atoms with Gasteiger partial charge >= 0.3 is 0 Å². The molecule has 1 unspecified atom stereocenters. The number of rotatable bonds is 5. The minimum absolute atomic E-state index is 0.113. The maximum Gasteiger partial charge on any atom is 0.224 e. The third-order valence-corrected chi connectivity index (χ3v) is 5.35. The third kappa shape index (κ3) is 3.36. The first-order valence-electron chi connectivity index (χ1n) is 7.90. The molecule has 0 saturated carbocycles. The summed E-state index contributed by atoms with van der Waals surface area (Å²) in [4.78, 5) is 14.5. The Balaban J connectivity index is 1.99. The van der Waals surface area contributed by atoms with Gasteiger partial charge in [0.2, 0.25) is 5.91 Å². The molecule has 2 aromatic rings. The van der Waals surface area contributed by atoms with E-state index < -0.39 is 0 Å². The van der Waals surface area contributed by atoms with Crippen LogP contribution in [0.5, 0.6) is 11.5 Å². The fourth-order valence-electron chi connectivity index (χ4n) is 2.94. The number of benzene rings is 2. The molecule has 2 aromatic carbocycles. The average molecular weight is 343 g/mol. The Morgan fingerprint density at radius 3 is 2.33 bits per heavy atom. The monoisotopic (exact) mass is 343 g/mol. The summed E-state index contributed by atoms with van der Waals surface area (Å²) in [5, 5.41) is -0.113. The number of methoxy groups -OCH3 is 2. The van der Waals surface area contributed by atoms with Gasteiger partial charge in [-0.25, -0.2) is 0 Å². The third-order valence-electron chi connectivity index (χ3n) is 4.10. The van der Waals surface area contributed by atoms with Gasteiger partial charge in [0.15, 0.2) is 0 Å². The highest BCUT2D eigenvalue weighted by molar-refractivity contribution is 7.99. The van der Waals surface area contributed by atoms with Crippen LogP contribution in [0.2, 0.25) is 0 Å². The van der Waals surface area contributed by atoms with Crippen LogP contribution in [0.4, 0.5) is 0 Å². The molecule has 1 amide bonds. The molecule has 24 heavy (non-hydrogen) atoms. The number of carbonyl (C=O) groups is 1. The first kappa shape index (κ1) is 16.7. The molecule has 0 aromatic heterocycles. The van der Waals surface area contributed by atoms with Crippen molar-refractivity contribution in [1.82, 2.24) is 4.90 Å². The standard InChI is InChI=1S/C19H21NO3S/c1-22-15-9-6-10-16(23-2)18(15)19-20(17(21)11-12-24-19)13-14-7-4-3-5-8-14/h3-10,19H,11-13H2,1-2H3. The number of carbonyl (C=O) groups excluding carboxylic acids is 1. The molecule has 5 heteroatoms. The Morgan fingerprint density at radius 2 is 1.71 bits per heavy atom. The van der Waals surface area contributed by atoms with Crippen LogP contribution in [-0.2, 0) is 11.3 Å². The SMILES string of the molecule is COc1cccc(OC)c1C1SCCC(=O)N1Cc1ccccc1. The molecule has 4 nitrogen and oxygen atoms in total. The highest BCUT2D eigenvalue weighted by atomic mass is 32.2. The molecule has 1 saturated heterocycles. The topological polar surface area (TPSA) is 38.8 Å². The van der Waals surface area contributed by atoms with E-state index in [2.05, 4.69) is 0 Å². The molecule has 0 N–H and O–H groups in total. The lowest BCUT2D eigenvalue weighted by Gasteiger charge is -2.36. The Labute approximate surface area is 146 Å². The Morgan fingerprint density at radius 1 is 1.04 bits per heavy atom. The van der Waals surface area contributed by atoms with E-state index in [-0.39, 0.29) is 11.3 Å². The minimum atomic E-state index is -0.113. The molecule has 3 rings (SSSR count). The smallest absolute Gasteiger partial charge is 0.224 e. The minimum Gasteiger partial charge on any atom is -0.496 e. The summed E-state index contributed by atoms with van der Waals surface area (Å²) < 4.78 is 11.1. The molecule has 1 atom stereocenters. The maximum absolute atomic E-state index is 12.6. The van der Waals surface area contributed by atoms with Gasteiger partial charge in [0, 0.05) is 18.7 Å². The van der Waals surface area contributed by atoms with Crippen LogP contribution in [0.3, 0.4) is 0 Å². The molecule has 0 bridgehead atoms. The highest BCUT2D eigenvalue weighted by Gasteiger charge is 2.33. The normalized spacial score (nSPS) is 17.7. The second-order valence-electron chi connectivity index (χ2n) is 5.56. The van der Waals surface area contributed by atoms with Crippen LogP contribution >= 0.6 is 11.8 Å². The molecule has 126 valence electrons. The molecule has 1 aliphatic heterocycles. The number of amides is 1. The largest absolute Gasteiger partial charge is 0.496 e. The van der Waals surface area contributed by atoms with Crippen molar-refractivity contribution in [2.75, 3.05) is 20.0 Å². The van der Waals surface area contributed by atoms with Gasteiger partial charge in [0.05, 0.1) is 19.8 Å². The number of hydrogen-bond acceptors (Lipinski definition) is 4. The van der Waals surface area contributed by atoms with Crippen molar-refractivity contribution in [2.24, 2.45) is 0 Å².